The van der Waals surface area contributed by atoms with Gasteiger partial charge in [0.05, 0.1) is 17.3 Å². The van der Waals surface area contributed by atoms with Crippen LogP contribution in [0.15, 0.2) is 29.4 Å². The van der Waals surface area contributed by atoms with Crippen LogP contribution in [0, 0.1) is 5.92 Å². The molecular formula is C11H10ClN3O. The summed E-state index contributed by atoms with van der Waals surface area (Å²) in [5, 5.41) is 9.59. The highest BCUT2D eigenvalue weighted by Gasteiger charge is 2.39. The van der Waals surface area contributed by atoms with E-state index >= 15 is 0 Å². The predicted octanol–water partition coefficient (Wildman–Crippen LogP) is 1.26. The third-order valence-corrected chi connectivity index (χ3v) is 3.12. The van der Waals surface area contributed by atoms with Gasteiger partial charge in [0.2, 0.25) is 0 Å². The lowest BCUT2D eigenvalue weighted by Gasteiger charge is -2.13. The van der Waals surface area contributed by atoms with Crippen LogP contribution in [0.5, 0.6) is 0 Å². The zero-order valence-corrected chi connectivity index (χ0v) is 9.24. The zero-order chi connectivity index (χ0) is 11.1. The number of rotatable bonds is 1. The maximum Gasteiger partial charge on any atom is 0.257 e. The molecule has 1 amide bonds. The lowest BCUT2D eigenvalue weighted by molar-refractivity contribution is -0.119. The smallest absolute Gasteiger partial charge is 0.257 e. The van der Waals surface area contributed by atoms with Crippen LogP contribution in [0.1, 0.15) is 0 Å². The van der Waals surface area contributed by atoms with Crippen molar-refractivity contribution in [1.29, 1.82) is 0 Å². The summed E-state index contributed by atoms with van der Waals surface area (Å²) in [6.07, 6.45) is 0. The Hall–Kier alpha value is -1.39. The van der Waals surface area contributed by atoms with E-state index in [0.29, 0.717) is 18.1 Å². The standard InChI is InChI=1S/C11H10ClN3O/c12-7-1-3-8(4-2-7)15-11(16)9-5-13-6-10(9)14-15/h1-4,9,13H,5-6H2. The summed E-state index contributed by atoms with van der Waals surface area (Å²) < 4.78 is 0. The molecule has 3 rings (SSSR count). The molecule has 2 aliphatic heterocycles. The van der Waals surface area contributed by atoms with Crippen LogP contribution in [0.2, 0.25) is 5.02 Å². The van der Waals surface area contributed by atoms with Crippen molar-refractivity contribution in [2.45, 2.75) is 0 Å². The molecule has 0 spiro atoms. The average Bonchev–Trinajstić information content (AvgIpc) is 2.84. The van der Waals surface area contributed by atoms with E-state index in [1.54, 1.807) is 24.3 Å². The molecule has 16 heavy (non-hydrogen) atoms. The molecule has 2 heterocycles. The molecule has 4 nitrogen and oxygen atoms in total. The van der Waals surface area contributed by atoms with E-state index in [0.717, 1.165) is 11.4 Å². The first-order chi connectivity index (χ1) is 7.75. The van der Waals surface area contributed by atoms with Crippen LogP contribution in [-0.4, -0.2) is 24.7 Å². The normalized spacial score (nSPS) is 23.6. The molecule has 1 unspecified atom stereocenters. The molecular weight excluding hydrogens is 226 g/mol. The van der Waals surface area contributed by atoms with Gasteiger partial charge in [0, 0.05) is 18.1 Å². The summed E-state index contributed by atoms with van der Waals surface area (Å²) in [6.45, 7) is 1.41. The first-order valence-corrected chi connectivity index (χ1v) is 5.51. The lowest BCUT2D eigenvalue weighted by Crippen LogP contribution is -2.28. The fraction of sp³-hybridized carbons (Fsp3) is 0.273. The van der Waals surface area contributed by atoms with Gasteiger partial charge in [0.25, 0.3) is 5.91 Å². The quantitative estimate of drug-likeness (QED) is 0.797. The van der Waals surface area contributed by atoms with Crippen LogP contribution in [0.4, 0.5) is 5.69 Å². The number of fused-ring (bicyclic) bond motifs is 1. The van der Waals surface area contributed by atoms with Gasteiger partial charge in [-0.2, -0.15) is 5.10 Å². The summed E-state index contributed by atoms with van der Waals surface area (Å²) in [6, 6.07) is 7.13. The number of benzene rings is 1. The number of carbonyl (C=O) groups excluding carboxylic acids is 1. The van der Waals surface area contributed by atoms with E-state index in [-0.39, 0.29) is 11.8 Å². The molecule has 0 saturated carbocycles. The fourth-order valence-electron chi connectivity index (χ4n) is 2.01. The Labute approximate surface area is 97.9 Å². The molecule has 0 bridgehead atoms. The molecule has 0 aliphatic carbocycles. The summed E-state index contributed by atoms with van der Waals surface area (Å²) in [5.74, 6) is -0.0296. The predicted molar refractivity (Wildman–Crippen MR) is 62.7 cm³/mol. The van der Waals surface area contributed by atoms with Crippen molar-refractivity contribution in [2.24, 2.45) is 11.0 Å². The molecule has 1 saturated heterocycles. The van der Waals surface area contributed by atoms with E-state index in [1.165, 1.54) is 5.01 Å². The van der Waals surface area contributed by atoms with Crippen LogP contribution >= 0.6 is 11.6 Å². The summed E-state index contributed by atoms with van der Waals surface area (Å²) in [4.78, 5) is 12.0. The number of amides is 1. The van der Waals surface area contributed by atoms with Crippen LogP contribution in [-0.2, 0) is 4.79 Å². The van der Waals surface area contributed by atoms with Crippen molar-refractivity contribution in [3.05, 3.63) is 29.3 Å². The molecule has 1 N–H and O–H groups in total. The second-order valence-electron chi connectivity index (χ2n) is 3.90. The number of hydrogen-bond acceptors (Lipinski definition) is 3. The van der Waals surface area contributed by atoms with Crippen molar-refractivity contribution >= 4 is 28.9 Å². The SMILES string of the molecule is O=C1C2CNCC2=NN1c1ccc(Cl)cc1. The molecule has 2 aliphatic rings. The van der Waals surface area contributed by atoms with Gasteiger partial charge in [-0.3, -0.25) is 4.79 Å². The first-order valence-electron chi connectivity index (χ1n) is 5.13. The highest BCUT2D eigenvalue weighted by atomic mass is 35.5. The van der Waals surface area contributed by atoms with Crippen molar-refractivity contribution < 1.29 is 4.79 Å². The number of hydrazone groups is 1. The summed E-state index contributed by atoms with van der Waals surface area (Å²) in [7, 11) is 0. The molecule has 0 aromatic heterocycles. The van der Waals surface area contributed by atoms with Crippen molar-refractivity contribution in [3.8, 4) is 0 Å². The largest absolute Gasteiger partial charge is 0.310 e. The Morgan fingerprint density at radius 3 is 2.81 bits per heavy atom. The van der Waals surface area contributed by atoms with Gasteiger partial charge in [-0.15, -0.1) is 0 Å². The number of hydrogen-bond donors (Lipinski definition) is 1. The van der Waals surface area contributed by atoms with Crippen LogP contribution in [0.25, 0.3) is 0 Å². The highest BCUT2D eigenvalue weighted by molar-refractivity contribution is 6.30. The molecule has 82 valence electrons. The van der Waals surface area contributed by atoms with Crippen molar-refractivity contribution in [3.63, 3.8) is 0 Å². The maximum absolute atomic E-state index is 12.0. The second kappa shape index (κ2) is 3.57. The fourth-order valence-corrected chi connectivity index (χ4v) is 2.14. The highest BCUT2D eigenvalue weighted by Crippen LogP contribution is 2.26. The molecule has 1 atom stereocenters. The molecule has 1 aromatic carbocycles. The van der Waals surface area contributed by atoms with Crippen molar-refractivity contribution in [2.75, 3.05) is 18.1 Å². The van der Waals surface area contributed by atoms with E-state index in [2.05, 4.69) is 10.4 Å². The number of nitrogens with one attached hydrogen (secondary N) is 1. The van der Waals surface area contributed by atoms with E-state index < -0.39 is 0 Å². The minimum Gasteiger partial charge on any atom is -0.310 e. The van der Waals surface area contributed by atoms with Gasteiger partial charge in [0.1, 0.15) is 0 Å². The monoisotopic (exact) mass is 235 g/mol. The Balaban J connectivity index is 1.94. The van der Waals surface area contributed by atoms with Gasteiger partial charge < -0.3 is 5.32 Å². The van der Waals surface area contributed by atoms with Gasteiger partial charge in [-0.05, 0) is 24.3 Å². The minimum atomic E-state index is -0.0734. The Bertz CT molecular complexity index is 469. The topological polar surface area (TPSA) is 44.7 Å². The molecule has 1 fully saturated rings. The van der Waals surface area contributed by atoms with Crippen LogP contribution in [0.3, 0.4) is 0 Å². The van der Waals surface area contributed by atoms with Crippen LogP contribution < -0.4 is 10.3 Å². The molecule has 1 aromatic rings. The van der Waals surface area contributed by atoms with E-state index in [1.807, 2.05) is 0 Å². The number of nitrogens with zero attached hydrogens (tertiary/aromatic N) is 2. The van der Waals surface area contributed by atoms with Gasteiger partial charge in [-0.1, -0.05) is 11.6 Å². The first kappa shape index (κ1) is 9.81. The third kappa shape index (κ3) is 1.42. The molecule has 5 heteroatoms. The number of halogens is 1. The summed E-state index contributed by atoms with van der Waals surface area (Å²) >= 11 is 5.80. The minimum absolute atomic E-state index is 0.0438. The number of anilines is 1. The third-order valence-electron chi connectivity index (χ3n) is 2.86. The maximum atomic E-state index is 12.0. The van der Waals surface area contributed by atoms with Gasteiger partial charge in [0.15, 0.2) is 0 Å². The van der Waals surface area contributed by atoms with Gasteiger partial charge in [-0.25, -0.2) is 5.01 Å². The van der Waals surface area contributed by atoms with Crippen molar-refractivity contribution in [1.82, 2.24) is 5.32 Å². The Morgan fingerprint density at radius 2 is 2.12 bits per heavy atom. The average molecular weight is 236 g/mol. The zero-order valence-electron chi connectivity index (χ0n) is 8.48. The molecule has 0 radical (unpaired) electrons. The Kier molecular flexibility index (Phi) is 2.19. The number of carbonyl (C=O) groups is 1. The van der Waals surface area contributed by atoms with E-state index in [4.69, 9.17) is 11.6 Å². The van der Waals surface area contributed by atoms with E-state index in [9.17, 15) is 4.79 Å². The Morgan fingerprint density at radius 1 is 1.38 bits per heavy atom. The lowest BCUT2D eigenvalue weighted by atomic mass is 10.1. The summed E-state index contributed by atoms with van der Waals surface area (Å²) in [5.41, 5.74) is 1.70. The van der Waals surface area contributed by atoms with Gasteiger partial charge >= 0.3 is 0 Å². The second-order valence-corrected chi connectivity index (χ2v) is 4.34.